The van der Waals surface area contributed by atoms with Crippen molar-refractivity contribution in [1.29, 1.82) is 0 Å². The van der Waals surface area contributed by atoms with E-state index < -0.39 is 0 Å². The average molecular weight is 255 g/mol. The first-order chi connectivity index (χ1) is 9.36. The lowest BCUT2D eigenvalue weighted by Crippen LogP contribution is -2.42. The fourth-order valence-corrected chi connectivity index (χ4v) is 2.83. The molecule has 1 fully saturated rings. The molecule has 0 saturated carbocycles. The summed E-state index contributed by atoms with van der Waals surface area (Å²) in [4.78, 5) is 7.18. The maximum atomic E-state index is 4.78. The summed E-state index contributed by atoms with van der Waals surface area (Å²) in [5, 5.41) is 4.76. The number of benzene rings is 1. The van der Waals surface area contributed by atoms with Crippen molar-refractivity contribution in [3.63, 3.8) is 0 Å². The average Bonchev–Trinajstić information content (AvgIpc) is 2.48. The van der Waals surface area contributed by atoms with Crippen LogP contribution in [0, 0.1) is 0 Å². The minimum atomic E-state index is 0.682. The van der Waals surface area contributed by atoms with Crippen LogP contribution >= 0.6 is 0 Å². The summed E-state index contributed by atoms with van der Waals surface area (Å²) in [6, 6.07) is 13.3. The Bertz CT molecular complexity index is 544. The molecule has 19 heavy (non-hydrogen) atoms. The van der Waals surface area contributed by atoms with Crippen LogP contribution in [0.3, 0.4) is 0 Å². The highest BCUT2D eigenvalue weighted by atomic mass is 15.2. The van der Waals surface area contributed by atoms with Gasteiger partial charge in [-0.1, -0.05) is 25.1 Å². The number of para-hydroxylation sites is 1. The molecule has 3 rings (SSSR count). The van der Waals surface area contributed by atoms with Gasteiger partial charge < -0.3 is 10.2 Å². The molecule has 1 aliphatic heterocycles. The van der Waals surface area contributed by atoms with Crippen molar-refractivity contribution in [2.75, 3.05) is 24.5 Å². The zero-order valence-corrected chi connectivity index (χ0v) is 11.5. The van der Waals surface area contributed by atoms with Crippen LogP contribution < -0.4 is 10.2 Å². The van der Waals surface area contributed by atoms with Gasteiger partial charge in [-0.3, -0.25) is 0 Å². The number of nitrogens with one attached hydrogen (secondary N) is 1. The summed E-state index contributed by atoms with van der Waals surface area (Å²) in [7, 11) is 0. The second-order valence-corrected chi connectivity index (χ2v) is 5.18. The van der Waals surface area contributed by atoms with Gasteiger partial charge in [0.05, 0.1) is 5.52 Å². The molecule has 0 unspecified atom stereocenters. The Balaban J connectivity index is 1.74. The number of piperidine rings is 1. The van der Waals surface area contributed by atoms with Crippen molar-refractivity contribution >= 4 is 16.7 Å². The third-order valence-electron chi connectivity index (χ3n) is 3.90. The number of hydrogen-bond acceptors (Lipinski definition) is 3. The lowest BCUT2D eigenvalue weighted by Gasteiger charge is -2.33. The van der Waals surface area contributed by atoms with E-state index in [4.69, 9.17) is 4.98 Å². The summed E-state index contributed by atoms with van der Waals surface area (Å²) < 4.78 is 0. The number of hydrogen-bond donors (Lipinski definition) is 1. The second-order valence-electron chi connectivity index (χ2n) is 5.18. The largest absolute Gasteiger partial charge is 0.356 e. The SMILES string of the molecule is CCNC1CCN(c2ccc3ccccc3n2)CC1. The first-order valence-electron chi connectivity index (χ1n) is 7.21. The van der Waals surface area contributed by atoms with E-state index in [1.54, 1.807) is 0 Å². The highest BCUT2D eigenvalue weighted by Crippen LogP contribution is 2.21. The van der Waals surface area contributed by atoms with Crippen molar-refractivity contribution in [3.05, 3.63) is 36.4 Å². The standard InChI is InChI=1S/C16H21N3/c1-2-17-14-9-11-19(12-10-14)16-8-7-13-5-3-4-6-15(13)18-16/h3-8,14,17H,2,9-12H2,1H3. The highest BCUT2D eigenvalue weighted by molar-refractivity contribution is 5.80. The molecule has 0 radical (unpaired) electrons. The van der Waals surface area contributed by atoms with Gasteiger partial charge in [-0.25, -0.2) is 4.98 Å². The second kappa shape index (κ2) is 5.57. The summed E-state index contributed by atoms with van der Waals surface area (Å²) >= 11 is 0. The lowest BCUT2D eigenvalue weighted by molar-refractivity contribution is 0.422. The molecular formula is C16H21N3. The summed E-state index contributed by atoms with van der Waals surface area (Å²) in [5.41, 5.74) is 1.09. The van der Waals surface area contributed by atoms with E-state index in [-0.39, 0.29) is 0 Å². The van der Waals surface area contributed by atoms with Crippen molar-refractivity contribution < 1.29 is 0 Å². The number of nitrogens with zero attached hydrogens (tertiary/aromatic N) is 2. The number of pyridine rings is 1. The van der Waals surface area contributed by atoms with Crippen LogP contribution in [0.5, 0.6) is 0 Å². The fourth-order valence-electron chi connectivity index (χ4n) is 2.83. The molecule has 0 atom stereocenters. The molecule has 1 N–H and O–H groups in total. The Labute approximate surface area is 114 Å². The van der Waals surface area contributed by atoms with Gasteiger partial charge in [0.25, 0.3) is 0 Å². The van der Waals surface area contributed by atoms with E-state index in [9.17, 15) is 0 Å². The van der Waals surface area contributed by atoms with Gasteiger partial charge in [0.2, 0.25) is 0 Å². The number of anilines is 1. The van der Waals surface area contributed by atoms with E-state index in [0.717, 1.165) is 31.0 Å². The fraction of sp³-hybridized carbons (Fsp3) is 0.438. The molecule has 100 valence electrons. The van der Waals surface area contributed by atoms with E-state index in [1.165, 1.54) is 18.2 Å². The molecule has 1 aromatic heterocycles. The normalized spacial score (nSPS) is 17.0. The maximum absolute atomic E-state index is 4.78. The molecular weight excluding hydrogens is 234 g/mol. The van der Waals surface area contributed by atoms with Crippen molar-refractivity contribution in [1.82, 2.24) is 10.3 Å². The molecule has 0 amide bonds. The van der Waals surface area contributed by atoms with Gasteiger partial charge in [0.1, 0.15) is 5.82 Å². The lowest BCUT2D eigenvalue weighted by atomic mass is 10.1. The van der Waals surface area contributed by atoms with Gasteiger partial charge >= 0.3 is 0 Å². The van der Waals surface area contributed by atoms with Crippen LogP contribution in [-0.2, 0) is 0 Å². The Morgan fingerprint density at radius 2 is 1.95 bits per heavy atom. The minimum absolute atomic E-state index is 0.682. The summed E-state index contributed by atoms with van der Waals surface area (Å²) in [6.45, 7) is 5.45. The van der Waals surface area contributed by atoms with E-state index in [2.05, 4.69) is 53.5 Å². The molecule has 2 heterocycles. The van der Waals surface area contributed by atoms with Gasteiger partial charge in [0.15, 0.2) is 0 Å². The van der Waals surface area contributed by atoms with Crippen molar-refractivity contribution in [2.24, 2.45) is 0 Å². The van der Waals surface area contributed by atoms with Crippen LogP contribution in [0.15, 0.2) is 36.4 Å². The van der Waals surface area contributed by atoms with Gasteiger partial charge in [0, 0.05) is 24.5 Å². The third-order valence-corrected chi connectivity index (χ3v) is 3.90. The molecule has 1 aromatic carbocycles. The Hall–Kier alpha value is -1.61. The molecule has 0 bridgehead atoms. The van der Waals surface area contributed by atoms with E-state index in [0.29, 0.717) is 6.04 Å². The van der Waals surface area contributed by atoms with Gasteiger partial charge in [-0.15, -0.1) is 0 Å². The molecule has 3 nitrogen and oxygen atoms in total. The van der Waals surface area contributed by atoms with E-state index in [1.807, 2.05) is 0 Å². The quantitative estimate of drug-likeness (QED) is 0.914. The smallest absolute Gasteiger partial charge is 0.129 e. The first-order valence-corrected chi connectivity index (χ1v) is 7.21. The zero-order chi connectivity index (χ0) is 13.1. The van der Waals surface area contributed by atoms with Gasteiger partial charge in [-0.05, 0) is 37.6 Å². The molecule has 1 aliphatic rings. The Kier molecular flexibility index (Phi) is 3.65. The molecule has 1 saturated heterocycles. The molecule has 0 aliphatic carbocycles. The number of rotatable bonds is 3. The van der Waals surface area contributed by atoms with Crippen LogP contribution in [0.1, 0.15) is 19.8 Å². The summed E-state index contributed by atoms with van der Waals surface area (Å²) in [6.07, 6.45) is 2.42. The highest BCUT2D eigenvalue weighted by Gasteiger charge is 2.19. The third kappa shape index (κ3) is 2.71. The van der Waals surface area contributed by atoms with Crippen molar-refractivity contribution in [2.45, 2.75) is 25.8 Å². The van der Waals surface area contributed by atoms with Gasteiger partial charge in [-0.2, -0.15) is 0 Å². The topological polar surface area (TPSA) is 28.2 Å². The zero-order valence-electron chi connectivity index (χ0n) is 11.5. The first kappa shape index (κ1) is 12.4. The van der Waals surface area contributed by atoms with Crippen LogP contribution in [-0.4, -0.2) is 30.7 Å². The Morgan fingerprint density at radius 1 is 1.16 bits per heavy atom. The molecule has 3 heteroatoms. The maximum Gasteiger partial charge on any atom is 0.129 e. The Morgan fingerprint density at radius 3 is 2.74 bits per heavy atom. The predicted molar refractivity (Wildman–Crippen MR) is 80.7 cm³/mol. The van der Waals surface area contributed by atoms with Crippen molar-refractivity contribution in [3.8, 4) is 0 Å². The van der Waals surface area contributed by atoms with Crippen LogP contribution in [0.25, 0.3) is 10.9 Å². The molecule has 0 spiro atoms. The van der Waals surface area contributed by atoms with Crippen LogP contribution in [0.2, 0.25) is 0 Å². The van der Waals surface area contributed by atoms with E-state index >= 15 is 0 Å². The molecule has 2 aromatic rings. The van der Waals surface area contributed by atoms with Crippen LogP contribution in [0.4, 0.5) is 5.82 Å². The minimum Gasteiger partial charge on any atom is -0.356 e. The predicted octanol–water partition coefficient (Wildman–Crippen LogP) is 2.81. The number of fused-ring (bicyclic) bond motifs is 1. The summed E-state index contributed by atoms with van der Waals surface area (Å²) in [5.74, 6) is 1.12. The monoisotopic (exact) mass is 255 g/mol. The number of aromatic nitrogens is 1.